The summed E-state index contributed by atoms with van der Waals surface area (Å²) in [5.74, 6) is -0.116. The first-order valence-electron chi connectivity index (χ1n) is 10.2. The topological polar surface area (TPSA) is 80.6 Å². The van der Waals surface area contributed by atoms with Gasteiger partial charge in [-0.2, -0.15) is 0 Å². The zero-order valence-electron chi connectivity index (χ0n) is 17.8. The van der Waals surface area contributed by atoms with Crippen molar-refractivity contribution in [3.05, 3.63) is 93.3 Å². The first-order valence-corrected chi connectivity index (χ1v) is 11.3. The lowest BCUT2D eigenvalue weighted by Gasteiger charge is -2.16. The number of benzene rings is 3. The Morgan fingerprint density at radius 1 is 1.03 bits per heavy atom. The summed E-state index contributed by atoms with van der Waals surface area (Å²) in [5, 5.41) is 7.20. The monoisotopic (exact) mass is 512 g/mol. The quantitative estimate of drug-likeness (QED) is 0.250. The highest BCUT2D eigenvalue weighted by atomic mass is 35.5. The van der Waals surface area contributed by atoms with E-state index >= 15 is 0 Å². The van der Waals surface area contributed by atoms with Gasteiger partial charge in [0.2, 0.25) is 0 Å². The van der Waals surface area contributed by atoms with Gasteiger partial charge in [-0.25, -0.2) is 4.79 Å². The predicted molar refractivity (Wildman–Crippen MR) is 139 cm³/mol. The molecule has 0 saturated heterocycles. The molecular weight excluding hydrogens is 495 g/mol. The molecule has 1 aromatic heterocycles. The molecule has 0 aliphatic rings. The number of para-hydroxylation sites is 1. The fraction of sp³-hybridized carbons (Fsp3) is 0.0800. The van der Waals surface area contributed by atoms with E-state index in [-0.39, 0.29) is 5.11 Å². The minimum Gasteiger partial charge on any atom is -0.479 e. The summed E-state index contributed by atoms with van der Waals surface area (Å²) in [5.41, 5.74) is 1.90. The van der Waals surface area contributed by atoms with E-state index < -0.39 is 17.6 Å². The third kappa shape index (κ3) is 5.56. The normalized spacial score (nSPS) is 11.6. The average molecular weight is 513 g/mol. The van der Waals surface area contributed by atoms with Gasteiger partial charge >= 0.3 is 5.63 Å². The largest absolute Gasteiger partial charge is 0.479 e. The van der Waals surface area contributed by atoms with Gasteiger partial charge in [0.25, 0.3) is 5.91 Å². The van der Waals surface area contributed by atoms with Gasteiger partial charge in [-0.05, 0) is 67.2 Å². The summed E-state index contributed by atoms with van der Waals surface area (Å²) < 4.78 is 11.0. The Bertz CT molecular complexity index is 1440. The van der Waals surface area contributed by atoms with Gasteiger partial charge in [-0.15, -0.1) is 0 Å². The Balaban J connectivity index is 1.38. The number of hydrogen-bond acceptors (Lipinski definition) is 5. The lowest BCUT2D eigenvalue weighted by molar-refractivity contribution is -0.125. The number of carbonyl (C=O) groups is 1. The van der Waals surface area contributed by atoms with Crippen LogP contribution in [0.2, 0.25) is 10.0 Å². The molecule has 0 saturated carbocycles. The van der Waals surface area contributed by atoms with Gasteiger partial charge < -0.3 is 14.5 Å². The van der Waals surface area contributed by atoms with Crippen LogP contribution < -0.4 is 21.0 Å². The van der Waals surface area contributed by atoms with Crippen molar-refractivity contribution in [2.75, 3.05) is 5.32 Å². The number of ether oxygens (including phenoxy) is 1. The molecule has 34 heavy (non-hydrogen) atoms. The molecular formula is C25H18Cl2N2O4S. The molecule has 0 aliphatic carbocycles. The van der Waals surface area contributed by atoms with Crippen molar-refractivity contribution in [1.29, 1.82) is 0 Å². The molecule has 1 heterocycles. The van der Waals surface area contributed by atoms with Gasteiger partial charge in [0.05, 0.1) is 10.6 Å². The summed E-state index contributed by atoms with van der Waals surface area (Å²) in [4.78, 5) is 24.8. The van der Waals surface area contributed by atoms with Gasteiger partial charge in [-0.1, -0.05) is 53.5 Å². The van der Waals surface area contributed by atoms with Crippen LogP contribution in [0.3, 0.4) is 0 Å². The maximum atomic E-state index is 12.4. The molecule has 3 aromatic carbocycles. The van der Waals surface area contributed by atoms with Crippen molar-refractivity contribution in [2.24, 2.45) is 0 Å². The third-order valence-electron chi connectivity index (χ3n) is 4.90. The maximum absolute atomic E-state index is 12.4. The van der Waals surface area contributed by atoms with Crippen LogP contribution in [0.25, 0.3) is 22.1 Å². The van der Waals surface area contributed by atoms with E-state index in [1.807, 2.05) is 18.2 Å². The van der Waals surface area contributed by atoms with E-state index in [4.69, 9.17) is 44.6 Å². The average Bonchev–Trinajstić information content (AvgIpc) is 2.81. The van der Waals surface area contributed by atoms with E-state index in [0.29, 0.717) is 38.2 Å². The van der Waals surface area contributed by atoms with E-state index in [1.54, 1.807) is 55.5 Å². The first kappa shape index (κ1) is 23.8. The van der Waals surface area contributed by atoms with Crippen molar-refractivity contribution in [1.82, 2.24) is 5.32 Å². The summed E-state index contributed by atoms with van der Waals surface area (Å²) in [6.07, 6.45) is -0.854. The van der Waals surface area contributed by atoms with Crippen LogP contribution in [0.1, 0.15) is 6.92 Å². The minimum absolute atomic E-state index is 0.0978. The number of thiocarbonyl (C=S) groups is 1. The molecule has 0 spiro atoms. The zero-order valence-corrected chi connectivity index (χ0v) is 20.1. The molecule has 0 bridgehead atoms. The first-order chi connectivity index (χ1) is 16.3. The van der Waals surface area contributed by atoms with Crippen LogP contribution in [0.5, 0.6) is 5.75 Å². The Labute approximate surface area is 210 Å². The number of fused-ring (bicyclic) bond motifs is 1. The summed E-state index contributed by atoms with van der Waals surface area (Å²) in [6, 6.07) is 20.9. The molecule has 1 atom stereocenters. The SMILES string of the molecule is CC(Oc1ccc(Cl)cc1Cl)C(=O)NC(=S)Nc1ccc(-c2cc3ccccc3oc2=O)cc1. The minimum atomic E-state index is -0.854. The van der Waals surface area contributed by atoms with Crippen molar-refractivity contribution in [3.63, 3.8) is 0 Å². The van der Waals surface area contributed by atoms with E-state index in [0.717, 1.165) is 5.39 Å². The van der Waals surface area contributed by atoms with Gasteiger partial charge in [0, 0.05) is 16.1 Å². The summed E-state index contributed by atoms with van der Waals surface area (Å²) >= 11 is 17.2. The Hall–Kier alpha value is -3.39. The molecule has 0 radical (unpaired) electrons. The number of nitrogens with one attached hydrogen (secondary N) is 2. The lowest BCUT2D eigenvalue weighted by Crippen LogP contribution is -2.42. The second-order valence-corrected chi connectivity index (χ2v) is 8.59. The van der Waals surface area contributed by atoms with E-state index in [9.17, 15) is 9.59 Å². The Morgan fingerprint density at radius 2 is 1.76 bits per heavy atom. The van der Waals surface area contributed by atoms with Crippen molar-refractivity contribution < 1.29 is 13.9 Å². The molecule has 4 rings (SSSR count). The van der Waals surface area contributed by atoms with Crippen LogP contribution in [-0.2, 0) is 4.79 Å². The molecule has 9 heteroatoms. The van der Waals surface area contributed by atoms with Crippen LogP contribution in [-0.4, -0.2) is 17.1 Å². The lowest BCUT2D eigenvalue weighted by atomic mass is 10.1. The van der Waals surface area contributed by atoms with E-state index in [1.165, 1.54) is 6.07 Å². The number of amides is 1. The standard InChI is InChI=1S/C25H18Cl2N2O4S/c1-14(32-22-11-8-17(26)13-20(22)27)23(30)29-25(34)28-18-9-6-15(7-10-18)19-12-16-4-2-3-5-21(16)33-24(19)31/h2-14H,1H3,(H2,28,29,30,34). The van der Waals surface area contributed by atoms with Gasteiger partial charge in [0.1, 0.15) is 11.3 Å². The number of halogens is 2. The highest BCUT2D eigenvalue weighted by Crippen LogP contribution is 2.28. The number of rotatable bonds is 5. The maximum Gasteiger partial charge on any atom is 0.344 e. The predicted octanol–water partition coefficient (Wildman–Crippen LogP) is 6.05. The van der Waals surface area contributed by atoms with Crippen LogP contribution in [0.15, 0.2) is 82.0 Å². The Morgan fingerprint density at radius 3 is 2.50 bits per heavy atom. The fourth-order valence-electron chi connectivity index (χ4n) is 3.19. The van der Waals surface area contributed by atoms with Gasteiger partial charge in [0.15, 0.2) is 11.2 Å². The molecule has 2 N–H and O–H groups in total. The van der Waals surface area contributed by atoms with Crippen LogP contribution in [0, 0.1) is 0 Å². The molecule has 0 fully saturated rings. The highest BCUT2D eigenvalue weighted by molar-refractivity contribution is 7.80. The summed E-state index contributed by atoms with van der Waals surface area (Å²) in [6.45, 7) is 1.58. The molecule has 6 nitrogen and oxygen atoms in total. The summed E-state index contributed by atoms with van der Waals surface area (Å²) in [7, 11) is 0. The molecule has 1 amide bonds. The smallest absolute Gasteiger partial charge is 0.344 e. The number of carbonyl (C=O) groups excluding carboxylic acids is 1. The zero-order chi connectivity index (χ0) is 24.2. The van der Waals surface area contributed by atoms with Crippen molar-refractivity contribution >= 4 is 63.1 Å². The second kappa shape index (κ2) is 10.3. The van der Waals surface area contributed by atoms with Gasteiger partial charge in [-0.3, -0.25) is 10.1 Å². The molecule has 4 aromatic rings. The van der Waals surface area contributed by atoms with Crippen LogP contribution >= 0.6 is 35.4 Å². The number of hydrogen-bond donors (Lipinski definition) is 2. The van der Waals surface area contributed by atoms with E-state index in [2.05, 4.69) is 10.6 Å². The fourth-order valence-corrected chi connectivity index (χ4v) is 3.86. The van der Waals surface area contributed by atoms with Crippen molar-refractivity contribution in [2.45, 2.75) is 13.0 Å². The highest BCUT2D eigenvalue weighted by Gasteiger charge is 2.17. The molecule has 172 valence electrons. The van der Waals surface area contributed by atoms with Crippen molar-refractivity contribution in [3.8, 4) is 16.9 Å². The molecule has 1 unspecified atom stereocenters. The third-order valence-corrected chi connectivity index (χ3v) is 5.63. The number of anilines is 1. The second-order valence-electron chi connectivity index (χ2n) is 7.34. The molecule has 0 aliphatic heterocycles. The van der Waals surface area contributed by atoms with Crippen LogP contribution in [0.4, 0.5) is 5.69 Å². The Kier molecular flexibility index (Phi) is 7.17.